The molecule has 1 aliphatic heterocycles. The Labute approximate surface area is 107 Å². The molecule has 1 fully saturated rings. The highest BCUT2D eigenvalue weighted by atomic mass is 16.2. The van der Waals surface area contributed by atoms with Gasteiger partial charge in [-0.3, -0.25) is 9.89 Å². The maximum atomic E-state index is 12.3. The third kappa shape index (κ3) is 2.33. The van der Waals surface area contributed by atoms with E-state index in [1.807, 2.05) is 11.8 Å². The van der Waals surface area contributed by atoms with Crippen LogP contribution in [0.25, 0.3) is 0 Å². The number of carbonyl (C=O) groups excluding carboxylic acids is 1. The molecule has 0 aromatic carbocycles. The van der Waals surface area contributed by atoms with Crippen molar-refractivity contribution in [1.82, 2.24) is 20.0 Å². The van der Waals surface area contributed by atoms with Crippen molar-refractivity contribution in [2.75, 3.05) is 38.5 Å². The van der Waals surface area contributed by atoms with Crippen LogP contribution in [0.4, 0.5) is 5.69 Å². The second-order valence-corrected chi connectivity index (χ2v) is 4.54. The van der Waals surface area contributed by atoms with Gasteiger partial charge in [0.15, 0.2) is 5.69 Å². The number of carbonyl (C=O) groups is 1. The van der Waals surface area contributed by atoms with Gasteiger partial charge in [-0.2, -0.15) is 5.10 Å². The zero-order chi connectivity index (χ0) is 13.1. The van der Waals surface area contributed by atoms with Crippen LogP contribution in [-0.2, 0) is 6.42 Å². The zero-order valence-electron chi connectivity index (χ0n) is 11.1. The summed E-state index contributed by atoms with van der Waals surface area (Å²) in [6, 6.07) is 0. The molecule has 0 saturated carbocycles. The van der Waals surface area contributed by atoms with Crippen LogP contribution >= 0.6 is 0 Å². The summed E-state index contributed by atoms with van der Waals surface area (Å²) in [6.45, 7) is 8.50. The van der Waals surface area contributed by atoms with Crippen LogP contribution < -0.4 is 5.73 Å². The quantitative estimate of drug-likeness (QED) is 0.811. The van der Waals surface area contributed by atoms with Gasteiger partial charge < -0.3 is 15.5 Å². The van der Waals surface area contributed by atoms with Crippen molar-refractivity contribution in [3.63, 3.8) is 0 Å². The summed E-state index contributed by atoms with van der Waals surface area (Å²) in [5.41, 5.74) is 7.63. The highest BCUT2D eigenvalue weighted by Gasteiger charge is 2.25. The summed E-state index contributed by atoms with van der Waals surface area (Å²) in [4.78, 5) is 16.4. The van der Waals surface area contributed by atoms with E-state index in [0.29, 0.717) is 11.4 Å². The van der Waals surface area contributed by atoms with E-state index in [-0.39, 0.29) is 5.91 Å². The lowest BCUT2D eigenvalue weighted by molar-refractivity contribution is 0.0638. The number of likely N-dealkylation sites (N-methyl/N-ethyl adjacent to an activating group) is 1. The number of piperazine rings is 1. The first-order valence-electron chi connectivity index (χ1n) is 6.51. The van der Waals surface area contributed by atoms with E-state index >= 15 is 0 Å². The van der Waals surface area contributed by atoms with Crippen LogP contribution in [-0.4, -0.2) is 58.6 Å². The molecule has 0 atom stereocenters. The zero-order valence-corrected chi connectivity index (χ0v) is 11.1. The fourth-order valence-corrected chi connectivity index (χ4v) is 2.24. The van der Waals surface area contributed by atoms with Gasteiger partial charge in [0.1, 0.15) is 0 Å². The highest BCUT2D eigenvalue weighted by Crippen LogP contribution is 2.17. The topological polar surface area (TPSA) is 78.2 Å². The van der Waals surface area contributed by atoms with Gasteiger partial charge in [0, 0.05) is 26.2 Å². The van der Waals surface area contributed by atoms with Crippen molar-refractivity contribution in [2.45, 2.75) is 20.3 Å². The Morgan fingerprint density at radius 2 is 2.00 bits per heavy atom. The molecule has 0 unspecified atom stereocenters. The second kappa shape index (κ2) is 5.39. The Morgan fingerprint density at radius 3 is 2.50 bits per heavy atom. The van der Waals surface area contributed by atoms with Gasteiger partial charge in [0.05, 0.1) is 11.4 Å². The average molecular weight is 251 g/mol. The molecule has 2 heterocycles. The van der Waals surface area contributed by atoms with E-state index in [9.17, 15) is 4.79 Å². The highest BCUT2D eigenvalue weighted by molar-refractivity contribution is 5.97. The van der Waals surface area contributed by atoms with Gasteiger partial charge in [0.2, 0.25) is 0 Å². The number of hydrogen-bond acceptors (Lipinski definition) is 4. The largest absolute Gasteiger partial charge is 0.395 e. The molecule has 18 heavy (non-hydrogen) atoms. The monoisotopic (exact) mass is 251 g/mol. The predicted molar refractivity (Wildman–Crippen MR) is 70.4 cm³/mol. The summed E-state index contributed by atoms with van der Waals surface area (Å²) in [7, 11) is 0. The summed E-state index contributed by atoms with van der Waals surface area (Å²) in [5.74, 6) is -0.0563. The third-order valence-electron chi connectivity index (χ3n) is 3.55. The minimum atomic E-state index is -0.0563. The molecule has 1 amide bonds. The molecular weight excluding hydrogens is 230 g/mol. The lowest BCUT2D eigenvalue weighted by Crippen LogP contribution is -2.48. The second-order valence-electron chi connectivity index (χ2n) is 4.54. The molecule has 1 aliphatic rings. The predicted octanol–water partition coefficient (Wildman–Crippen LogP) is 0.332. The Morgan fingerprint density at radius 1 is 1.33 bits per heavy atom. The van der Waals surface area contributed by atoms with Gasteiger partial charge in [-0.1, -0.05) is 13.8 Å². The fraction of sp³-hybridized carbons (Fsp3) is 0.667. The maximum Gasteiger partial charge on any atom is 0.276 e. The number of amides is 1. The van der Waals surface area contributed by atoms with Crippen LogP contribution in [0.5, 0.6) is 0 Å². The van der Waals surface area contributed by atoms with E-state index in [1.54, 1.807) is 0 Å². The van der Waals surface area contributed by atoms with Crippen LogP contribution in [0.3, 0.4) is 0 Å². The van der Waals surface area contributed by atoms with Gasteiger partial charge in [-0.05, 0) is 13.0 Å². The number of aryl methyl sites for hydroxylation is 1. The Kier molecular flexibility index (Phi) is 3.86. The van der Waals surface area contributed by atoms with E-state index in [0.717, 1.165) is 44.8 Å². The molecule has 1 saturated heterocycles. The lowest BCUT2D eigenvalue weighted by Gasteiger charge is -2.33. The first-order chi connectivity index (χ1) is 8.67. The number of nitrogen functional groups attached to an aromatic ring is 1. The number of hydrogen-bond donors (Lipinski definition) is 2. The maximum absolute atomic E-state index is 12.3. The van der Waals surface area contributed by atoms with E-state index in [4.69, 9.17) is 5.73 Å². The van der Waals surface area contributed by atoms with Crippen molar-refractivity contribution >= 4 is 11.6 Å². The van der Waals surface area contributed by atoms with Crippen LogP contribution in [0, 0.1) is 0 Å². The fourth-order valence-electron chi connectivity index (χ4n) is 2.24. The number of nitrogens with zero attached hydrogens (tertiary/aromatic N) is 3. The van der Waals surface area contributed by atoms with Crippen molar-refractivity contribution in [3.8, 4) is 0 Å². The molecule has 1 aromatic heterocycles. The van der Waals surface area contributed by atoms with Crippen LogP contribution in [0.2, 0.25) is 0 Å². The van der Waals surface area contributed by atoms with Crippen molar-refractivity contribution < 1.29 is 4.79 Å². The normalized spacial score (nSPS) is 17.1. The Bertz CT molecular complexity index is 420. The summed E-state index contributed by atoms with van der Waals surface area (Å²) >= 11 is 0. The number of aromatic nitrogens is 2. The molecule has 0 radical (unpaired) electrons. The van der Waals surface area contributed by atoms with Gasteiger partial charge in [-0.15, -0.1) is 0 Å². The number of anilines is 1. The smallest absolute Gasteiger partial charge is 0.276 e. The molecule has 0 spiro atoms. The molecule has 6 heteroatoms. The van der Waals surface area contributed by atoms with Crippen molar-refractivity contribution in [3.05, 3.63) is 11.4 Å². The SMILES string of the molecule is CCc1[nH]nc(C(=O)N2CCN(CC)CC2)c1N. The van der Waals surface area contributed by atoms with Gasteiger partial charge in [-0.25, -0.2) is 0 Å². The first kappa shape index (κ1) is 12.9. The van der Waals surface area contributed by atoms with Crippen molar-refractivity contribution in [2.24, 2.45) is 0 Å². The Balaban J connectivity index is 2.05. The summed E-state index contributed by atoms with van der Waals surface area (Å²) < 4.78 is 0. The van der Waals surface area contributed by atoms with Gasteiger partial charge in [0.25, 0.3) is 5.91 Å². The number of H-pyrrole nitrogens is 1. The van der Waals surface area contributed by atoms with E-state index in [2.05, 4.69) is 22.0 Å². The molecule has 1 aromatic rings. The van der Waals surface area contributed by atoms with Crippen LogP contribution in [0.1, 0.15) is 30.0 Å². The molecule has 2 rings (SSSR count). The average Bonchev–Trinajstić information content (AvgIpc) is 2.79. The third-order valence-corrected chi connectivity index (χ3v) is 3.55. The van der Waals surface area contributed by atoms with E-state index in [1.165, 1.54) is 0 Å². The summed E-state index contributed by atoms with van der Waals surface area (Å²) in [6.07, 6.45) is 0.760. The molecular formula is C12H21N5O. The lowest BCUT2D eigenvalue weighted by atomic mass is 10.2. The number of nitrogens with one attached hydrogen (secondary N) is 1. The van der Waals surface area contributed by atoms with E-state index < -0.39 is 0 Å². The van der Waals surface area contributed by atoms with Gasteiger partial charge >= 0.3 is 0 Å². The number of rotatable bonds is 3. The molecule has 100 valence electrons. The minimum absolute atomic E-state index is 0.0563. The first-order valence-corrected chi connectivity index (χ1v) is 6.51. The summed E-state index contributed by atoms with van der Waals surface area (Å²) in [5, 5.41) is 6.88. The minimum Gasteiger partial charge on any atom is -0.395 e. The number of nitrogens with two attached hydrogens (primary N) is 1. The molecule has 0 bridgehead atoms. The molecule has 6 nitrogen and oxygen atoms in total. The molecule has 0 aliphatic carbocycles. The molecule has 3 N–H and O–H groups in total. The van der Waals surface area contributed by atoms with Crippen LogP contribution in [0.15, 0.2) is 0 Å². The Hall–Kier alpha value is -1.56. The number of aromatic amines is 1. The van der Waals surface area contributed by atoms with Crippen molar-refractivity contribution in [1.29, 1.82) is 0 Å². The standard InChI is InChI=1S/C12H21N5O/c1-3-9-10(13)11(15-14-9)12(18)17-7-5-16(4-2)6-8-17/h3-8,13H2,1-2H3,(H,14,15).